The third kappa shape index (κ3) is 11.9. The number of fused-ring (bicyclic) bond motifs is 2. The topological polar surface area (TPSA) is 312 Å². The third-order valence-electron chi connectivity index (χ3n) is 9.04. The molecule has 55 heavy (non-hydrogen) atoms. The van der Waals surface area contributed by atoms with E-state index in [4.69, 9.17) is 11.5 Å². The molecule has 0 bridgehead atoms. The van der Waals surface area contributed by atoms with Crippen LogP contribution in [-0.2, 0) is 46.4 Å². The highest BCUT2D eigenvalue weighted by atomic mass is 16.4. The van der Waals surface area contributed by atoms with Gasteiger partial charge in [-0.05, 0) is 55.5 Å². The van der Waals surface area contributed by atoms with Crippen molar-refractivity contribution in [1.82, 2.24) is 31.2 Å². The number of para-hydroxylation sites is 2. The van der Waals surface area contributed by atoms with Crippen molar-refractivity contribution in [3.05, 3.63) is 72.1 Å². The molecular formula is C37H46N8O10. The van der Waals surface area contributed by atoms with E-state index in [2.05, 4.69) is 31.2 Å². The Morgan fingerprint density at radius 2 is 1.07 bits per heavy atom. The molecule has 18 nitrogen and oxygen atoms in total. The zero-order valence-corrected chi connectivity index (χ0v) is 29.9. The first kappa shape index (κ1) is 41.5. The van der Waals surface area contributed by atoms with E-state index in [0.29, 0.717) is 30.5 Å². The number of aromatic nitrogens is 2. The second-order valence-corrected chi connectivity index (χ2v) is 13.1. The Kier molecular flexibility index (Phi) is 14.9. The van der Waals surface area contributed by atoms with Crippen LogP contribution in [0.2, 0.25) is 0 Å². The summed E-state index contributed by atoms with van der Waals surface area (Å²) < 4.78 is 0. The van der Waals surface area contributed by atoms with Gasteiger partial charge in [0.15, 0.2) is 0 Å². The summed E-state index contributed by atoms with van der Waals surface area (Å²) in [7, 11) is 0. The van der Waals surface area contributed by atoms with Crippen molar-refractivity contribution in [1.29, 1.82) is 0 Å². The zero-order valence-electron chi connectivity index (χ0n) is 29.9. The summed E-state index contributed by atoms with van der Waals surface area (Å²) in [4.78, 5) is 95.7. The molecule has 4 amide bonds. The van der Waals surface area contributed by atoms with Crippen LogP contribution in [0.5, 0.6) is 0 Å². The average molecular weight is 763 g/mol. The molecule has 2 aromatic carbocycles. The molecule has 5 atom stereocenters. The van der Waals surface area contributed by atoms with Gasteiger partial charge in [0.1, 0.15) is 24.2 Å². The fourth-order valence-electron chi connectivity index (χ4n) is 6.12. The lowest BCUT2D eigenvalue weighted by molar-refractivity contribution is -0.143. The predicted molar refractivity (Wildman–Crippen MR) is 199 cm³/mol. The number of carboxylic acids is 3. The molecule has 0 aliphatic heterocycles. The minimum Gasteiger partial charge on any atom is -0.481 e. The lowest BCUT2D eigenvalue weighted by atomic mass is 10.0. The van der Waals surface area contributed by atoms with Crippen molar-refractivity contribution in [2.24, 2.45) is 11.5 Å². The van der Waals surface area contributed by atoms with Gasteiger partial charge < -0.3 is 58.0 Å². The number of carbonyl (C=O) groups is 7. The van der Waals surface area contributed by atoms with Crippen LogP contribution in [0.4, 0.5) is 0 Å². The lowest BCUT2D eigenvalue weighted by Gasteiger charge is -2.26. The largest absolute Gasteiger partial charge is 0.481 e. The van der Waals surface area contributed by atoms with E-state index in [9.17, 15) is 48.9 Å². The number of rotatable bonds is 22. The Balaban J connectivity index is 1.66. The number of nitrogens with one attached hydrogen (secondary N) is 6. The summed E-state index contributed by atoms with van der Waals surface area (Å²) in [5.74, 6) is -7.55. The van der Waals surface area contributed by atoms with Crippen LogP contribution in [-0.4, -0.2) is 104 Å². The van der Waals surface area contributed by atoms with E-state index in [1.165, 1.54) is 0 Å². The fourth-order valence-corrected chi connectivity index (χ4v) is 6.12. The van der Waals surface area contributed by atoms with E-state index in [1.54, 1.807) is 54.9 Å². The lowest BCUT2D eigenvalue weighted by Crippen LogP contribution is -2.59. The van der Waals surface area contributed by atoms with E-state index >= 15 is 0 Å². The van der Waals surface area contributed by atoms with Gasteiger partial charge in [-0.3, -0.25) is 28.8 Å². The summed E-state index contributed by atoms with van der Waals surface area (Å²) >= 11 is 0. The number of nitrogens with two attached hydrogens (primary N) is 2. The predicted octanol–water partition coefficient (Wildman–Crippen LogP) is 0.254. The van der Waals surface area contributed by atoms with Crippen molar-refractivity contribution in [2.45, 2.75) is 81.6 Å². The van der Waals surface area contributed by atoms with Crippen molar-refractivity contribution in [3.63, 3.8) is 0 Å². The van der Waals surface area contributed by atoms with Crippen molar-refractivity contribution >= 4 is 63.3 Å². The second-order valence-electron chi connectivity index (χ2n) is 13.1. The summed E-state index contributed by atoms with van der Waals surface area (Å²) in [5, 5.41) is 39.8. The maximum atomic E-state index is 14.2. The highest BCUT2D eigenvalue weighted by Crippen LogP contribution is 2.21. The molecule has 18 heteroatoms. The quantitative estimate of drug-likeness (QED) is 0.0481. The van der Waals surface area contributed by atoms with Gasteiger partial charge in [0, 0.05) is 53.5 Å². The molecule has 4 aromatic rings. The molecule has 4 rings (SSSR count). The normalized spacial score (nSPS) is 13.9. The highest BCUT2D eigenvalue weighted by Gasteiger charge is 2.33. The summed E-state index contributed by atoms with van der Waals surface area (Å²) in [6, 6.07) is 7.22. The average Bonchev–Trinajstić information content (AvgIpc) is 3.75. The van der Waals surface area contributed by atoms with Crippen LogP contribution in [0, 0.1) is 0 Å². The third-order valence-corrected chi connectivity index (χ3v) is 9.04. The molecular weight excluding hydrogens is 716 g/mol. The van der Waals surface area contributed by atoms with Gasteiger partial charge in [-0.25, -0.2) is 4.79 Å². The molecule has 0 fully saturated rings. The number of aromatic amines is 2. The molecule has 0 radical (unpaired) electrons. The summed E-state index contributed by atoms with van der Waals surface area (Å²) in [6.45, 7) is 0.308. The van der Waals surface area contributed by atoms with Gasteiger partial charge >= 0.3 is 17.9 Å². The molecule has 2 heterocycles. The first-order valence-corrected chi connectivity index (χ1v) is 17.7. The Morgan fingerprint density at radius 3 is 1.56 bits per heavy atom. The first-order valence-electron chi connectivity index (χ1n) is 17.7. The van der Waals surface area contributed by atoms with Gasteiger partial charge in [0.05, 0.1) is 12.5 Å². The standard InChI is InChI=1S/C37H46N8O10/c38-14-6-5-11-28(37(54)55)43-34(51)27(12-13-31(46)47)42-35(52)30(16-21-19-41-26-10-4-2-8-23(21)26)45-36(53)29(44-33(50)24(39)17-32(48)49)15-20-18-40-25-9-3-1-7-22(20)25/h1-4,7-10,18-19,24,27-30,40-41H,5-6,11-17,38-39H2,(H,42,52)(H,43,51)(H,44,50)(H,45,53)(H,46,47)(H,48,49)(H,54,55)/t24-,27-,28-,29-,30-/m0/s1. The molecule has 0 unspecified atom stereocenters. The fraction of sp³-hybridized carbons (Fsp3) is 0.378. The van der Waals surface area contributed by atoms with Gasteiger partial charge in [-0.2, -0.15) is 0 Å². The molecule has 13 N–H and O–H groups in total. The SMILES string of the molecule is NCCCC[C@H](NC(=O)[C@H](CCC(=O)O)NC(=O)[C@H](Cc1c[nH]c2ccccc12)NC(=O)[C@H](Cc1c[nH]c2ccccc12)NC(=O)[C@@H](N)CC(=O)O)C(=O)O. The van der Waals surface area contributed by atoms with E-state index < -0.39 is 91.0 Å². The number of amides is 4. The smallest absolute Gasteiger partial charge is 0.326 e. The number of hydrogen-bond donors (Lipinski definition) is 11. The van der Waals surface area contributed by atoms with Crippen LogP contribution in [0.15, 0.2) is 60.9 Å². The number of carbonyl (C=O) groups excluding carboxylic acids is 4. The number of unbranched alkanes of at least 4 members (excludes halogenated alkanes) is 1. The number of aliphatic carboxylic acids is 3. The van der Waals surface area contributed by atoms with Crippen molar-refractivity contribution in [3.8, 4) is 0 Å². The van der Waals surface area contributed by atoms with Crippen molar-refractivity contribution in [2.75, 3.05) is 6.54 Å². The van der Waals surface area contributed by atoms with E-state index in [0.717, 1.165) is 21.8 Å². The molecule has 0 spiro atoms. The Bertz CT molecular complexity index is 2010. The first-order chi connectivity index (χ1) is 26.3. The zero-order chi connectivity index (χ0) is 40.1. The van der Waals surface area contributed by atoms with Crippen LogP contribution < -0.4 is 32.7 Å². The highest BCUT2D eigenvalue weighted by molar-refractivity contribution is 5.97. The number of H-pyrrole nitrogens is 2. The number of benzene rings is 2. The Morgan fingerprint density at radius 1 is 0.600 bits per heavy atom. The van der Waals surface area contributed by atoms with E-state index in [-0.39, 0.29) is 19.3 Å². The molecule has 0 aliphatic carbocycles. The summed E-state index contributed by atoms with van der Waals surface area (Å²) in [5.41, 5.74) is 14.0. The number of carboxylic acid groups (broad SMARTS) is 3. The van der Waals surface area contributed by atoms with Gasteiger partial charge in [-0.15, -0.1) is 0 Å². The van der Waals surface area contributed by atoms with Crippen LogP contribution >= 0.6 is 0 Å². The molecule has 294 valence electrons. The number of hydrogen-bond acceptors (Lipinski definition) is 9. The minimum atomic E-state index is -1.52. The monoisotopic (exact) mass is 762 g/mol. The second kappa shape index (κ2) is 19.7. The Hall–Kier alpha value is -6.27. The minimum absolute atomic E-state index is 0.0385. The van der Waals surface area contributed by atoms with Gasteiger partial charge in [-0.1, -0.05) is 36.4 Å². The molecule has 0 aliphatic rings. The van der Waals surface area contributed by atoms with Crippen LogP contribution in [0.25, 0.3) is 21.8 Å². The van der Waals surface area contributed by atoms with Gasteiger partial charge in [0.25, 0.3) is 0 Å². The maximum absolute atomic E-state index is 14.2. The molecule has 0 saturated heterocycles. The van der Waals surface area contributed by atoms with Crippen LogP contribution in [0.3, 0.4) is 0 Å². The molecule has 0 saturated carbocycles. The van der Waals surface area contributed by atoms with Crippen LogP contribution in [0.1, 0.15) is 49.7 Å². The Labute approximate surface area is 314 Å². The van der Waals surface area contributed by atoms with Gasteiger partial charge in [0.2, 0.25) is 23.6 Å². The molecule has 2 aromatic heterocycles. The summed E-state index contributed by atoms with van der Waals surface area (Å²) in [6.07, 6.45) is 2.29. The van der Waals surface area contributed by atoms with E-state index in [1.807, 2.05) is 6.07 Å². The van der Waals surface area contributed by atoms with Crippen molar-refractivity contribution < 1.29 is 48.9 Å². The maximum Gasteiger partial charge on any atom is 0.326 e.